The SMILES string of the molecule is CN=C(NCC(=O)Nc1ccccc1)NCc1nc(C(F)(F)F)cs1. The van der Waals surface area contributed by atoms with Crippen LogP contribution in [0.5, 0.6) is 0 Å². The highest BCUT2D eigenvalue weighted by atomic mass is 32.1. The monoisotopic (exact) mass is 371 g/mol. The summed E-state index contributed by atoms with van der Waals surface area (Å²) in [6.45, 7) is 0.0287. The maximum Gasteiger partial charge on any atom is 0.434 e. The lowest BCUT2D eigenvalue weighted by Gasteiger charge is -2.11. The van der Waals surface area contributed by atoms with Crippen molar-refractivity contribution < 1.29 is 18.0 Å². The molecular formula is C15H16F3N5OS. The highest BCUT2D eigenvalue weighted by molar-refractivity contribution is 7.09. The summed E-state index contributed by atoms with van der Waals surface area (Å²) in [7, 11) is 1.49. The predicted molar refractivity (Wildman–Crippen MR) is 90.4 cm³/mol. The summed E-state index contributed by atoms with van der Waals surface area (Å²) in [6, 6.07) is 8.94. The van der Waals surface area contributed by atoms with E-state index in [1.54, 1.807) is 24.3 Å². The summed E-state index contributed by atoms with van der Waals surface area (Å²) >= 11 is 0.899. The van der Waals surface area contributed by atoms with Crippen molar-refractivity contribution >= 4 is 28.9 Å². The molecule has 0 saturated heterocycles. The van der Waals surface area contributed by atoms with E-state index in [9.17, 15) is 18.0 Å². The van der Waals surface area contributed by atoms with Crippen molar-refractivity contribution in [3.05, 3.63) is 46.4 Å². The van der Waals surface area contributed by atoms with Crippen LogP contribution in [0.1, 0.15) is 10.7 Å². The van der Waals surface area contributed by atoms with Crippen molar-refractivity contribution in [2.75, 3.05) is 18.9 Å². The van der Waals surface area contributed by atoms with Gasteiger partial charge in [0.05, 0.1) is 13.1 Å². The molecule has 1 amide bonds. The van der Waals surface area contributed by atoms with Gasteiger partial charge in [0.25, 0.3) is 0 Å². The molecule has 0 saturated carbocycles. The number of hydrogen-bond acceptors (Lipinski definition) is 4. The number of anilines is 1. The van der Waals surface area contributed by atoms with Gasteiger partial charge in [-0.3, -0.25) is 9.79 Å². The number of carbonyl (C=O) groups is 1. The number of halogens is 3. The van der Waals surface area contributed by atoms with Gasteiger partial charge in [-0.05, 0) is 12.1 Å². The molecule has 134 valence electrons. The summed E-state index contributed by atoms with van der Waals surface area (Å²) in [4.78, 5) is 19.2. The lowest BCUT2D eigenvalue weighted by molar-refractivity contribution is -0.140. The minimum Gasteiger partial charge on any atom is -0.350 e. The van der Waals surface area contributed by atoms with Crippen LogP contribution in [0.25, 0.3) is 0 Å². The number of thiazole rings is 1. The normalized spacial score (nSPS) is 11.9. The molecule has 0 aliphatic heterocycles. The molecule has 1 heterocycles. The molecule has 0 bridgehead atoms. The van der Waals surface area contributed by atoms with Gasteiger partial charge in [0.1, 0.15) is 5.01 Å². The Morgan fingerprint density at radius 1 is 1.24 bits per heavy atom. The standard InChI is InChI=1S/C15H16F3N5OS/c1-19-14(20-7-12(24)22-10-5-3-2-4-6-10)21-8-13-23-11(9-25-13)15(16,17)18/h2-6,9H,7-8H2,1H3,(H,22,24)(H2,19,20,21). The van der Waals surface area contributed by atoms with Gasteiger partial charge in [-0.15, -0.1) is 11.3 Å². The molecule has 10 heteroatoms. The number of guanidine groups is 1. The first-order valence-electron chi connectivity index (χ1n) is 7.19. The first-order valence-corrected chi connectivity index (χ1v) is 8.07. The molecule has 2 aromatic rings. The topological polar surface area (TPSA) is 78.4 Å². The zero-order chi connectivity index (χ0) is 18.3. The van der Waals surface area contributed by atoms with Gasteiger partial charge in [-0.25, -0.2) is 4.98 Å². The smallest absolute Gasteiger partial charge is 0.350 e. The van der Waals surface area contributed by atoms with Crippen LogP contribution in [0.15, 0.2) is 40.7 Å². The molecule has 3 N–H and O–H groups in total. The molecule has 0 aliphatic carbocycles. The molecule has 0 fully saturated rings. The highest BCUT2D eigenvalue weighted by Gasteiger charge is 2.33. The van der Waals surface area contributed by atoms with E-state index in [-0.39, 0.29) is 30.0 Å². The molecule has 2 rings (SSSR count). The number of rotatable bonds is 5. The Morgan fingerprint density at radius 3 is 2.56 bits per heavy atom. The van der Waals surface area contributed by atoms with Gasteiger partial charge >= 0.3 is 6.18 Å². The summed E-state index contributed by atoms with van der Waals surface area (Å²) in [5.74, 6) is 0.00901. The summed E-state index contributed by atoms with van der Waals surface area (Å²) < 4.78 is 37.5. The summed E-state index contributed by atoms with van der Waals surface area (Å²) in [6.07, 6.45) is -4.45. The van der Waals surface area contributed by atoms with Crippen LogP contribution < -0.4 is 16.0 Å². The van der Waals surface area contributed by atoms with Crippen molar-refractivity contribution in [2.45, 2.75) is 12.7 Å². The second-order valence-corrected chi connectivity index (χ2v) is 5.76. The fourth-order valence-corrected chi connectivity index (χ4v) is 2.53. The van der Waals surface area contributed by atoms with Crippen LogP contribution in [-0.4, -0.2) is 30.4 Å². The minimum absolute atomic E-state index is 0.0414. The first kappa shape index (κ1) is 18.7. The molecule has 0 spiro atoms. The third-order valence-electron chi connectivity index (χ3n) is 2.95. The minimum atomic E-state index is -4.45. The number of aromatic nitrogens is 1. The number of amides is 1. The Bertz CT molecular complexity index is 730. The number of nitrogens with one attached hydrogen (secondary N) is 3. The van der Waals surface area contributed by atoms with Crippen molar-refractivity contribution in [2.24, 2.45) is 4.99 Å². The van der Waals surface area contributed by atoms with Crippen LogP contribution >= 0.6 is 11.3 Å². The Morgan fingerprint density at radius 2 is 1.96 bits per heavy atom. The van der Waals surface area contributed by atoms with Gasteiger partial charge < -0.3 is 16.0 Å². The predicted octanol–water partition coefficient (Wildman–Crippen LogP) is 2.47. The average Bonchev–Trinajstić information content (AvgIpc) is 3.05. The van der Waals surface area contributed by atoms with E-state index in [1.807, 2.05) is 6.07 Å². The molecule has 0 aliphatic rings. The number of para-hydroxylation sites is 1. The highest BCUT2D eigenvalue weighted by Crippen LogP contribution is 2.29. The van der Waals surface area contributed by atoms with Crippen molar-refractivity contribution in [1.29, 1.82) is 0 Å². The van der Waals surface area contributed by atoms with Crippen molar-refractivity contribution in [3.8, 4) is 0 Å². The molecule has 1 aromatic carbocycles. The fourth-order valence-electron chi connectivity index (χ4n) is 1.79. The number of aliphatic imine (C=N–C) groups is 1. The second kappa shape index (κ2) is 8.47. The first-order chi connectivity index (χ1) is 11.9. The Kier molecular flexibility index (Phi) is 6.34. The van der Waals surface area contributed by atoms with E-state index in [1.165, 1.54) is 7.05 Å². The fraction of sp³-hybridized carbons (Fsp3) is 0.267. The lowest BCUT2D eigenvalue weighted by atomic mass is 10.3. The molecule has 0 atom stereocenters. The van der Waals surface area contributed by atoms with Crippen LogP contribution in [0.2, 0.25) is 0 Å². The van der Waals surface area contributed by atoms with E-state index in [4.69, 9.17) is 0 Å². The average molecular weight is 371 g/mol. The third kappa shape index (κ3) is 6.07. The molecular weight excluding hydrogens is 355 g/mol. The summed E-state index contributed by atoms with van der Waals surface area (Å²) in [5.41, 5.74) is -0.251. The molecule has 6 nitrogen and oxygen atoms in total. The van der Waals surface area contributed by atoms with E-state index in [0.717, 1.165) is 16.7 Å². The number of nitrogens with zero attached hydrogens (tertiary/aromatic N) is 2. The van der Waals surface area contributed by atoms with Crippen LogP contribution in [0.4, 0.5) is 18.9 Å². The second-order valence-electron chi connectivity index (χ2n) is 4.82. The van der Waals surface area contributed by atoms with Crippen LogP contribution in [0, 0.1) is 0 Å². The quantitative estimate of drug-likeness (QED) is 0.557. The van der Waals surface area contributed by atoms with Gasteiger partial charge in [0.2, 0.25) is 5.91 Å². The maximum absolute atomic E-state index is 12.5. The number of alkyl halides is 3. The molecule has 0 radical (unpaired) electrons. The summed E-state index contributed by atoms with van der Waals surface area (Å²) in [5, 5.41) is 9.51. The molecule has 25 heavy (non-hydrogen) atoms. The van der Waals surface area contributed by atoms with Crippen molar-refractivity contribution in [1.82, 2.24) is 15.6 Å². The van der Waals surface area contributed by atoms with E-state index >= 15 is 0 Å². The Hall–Kier alpha value is -2.62. The van der Waals surface area contributed by atoms with Crippen molar-refractivity contribution in [3.63, 3.8) is 0 Å². The zero-order valence-electron chi connectivity index (χ0n) is 13.2. The number of benzene rings is 1. The van der Waals surface area contributed by atoms with Gasteiger partial charge in [-0.1, -0.05) is 18.2 Å². The van der Waals surface area contributed by atoms with Gasteiger partial charge in [0.15, 0.2) is 11.7 Å². The Balaban J connectivity index is 1.79. The Labute approximate surface area is 146 Å². The molecule has 1 aromatic heterocycles. The molecule has 0 unspecified atom stereocenters. The van der Waals surface area contributed by atoms with Crippen LogP contribution in [-0.2, 0) is 17.5 Å². The van der Waals surface area contributed by atoms with Gasteiger partial charge in [0, 0.05) is 18.1 Å². The van der Waals surface area contributed by atoms with E-state index in [0.29, 0.717) is 5.69 Å². The van der Waals surface area contributed by atoms with E-state index in [2.05, 4.69) is 25.9 Å². The van der Waals surface area contributed by atoms with Gasteiger partial charge in [-0.2, -0.15) is 13.2 Å². The number of hydrogen-bond donors (Lipinski definition) is 3. The zero-order valence-corrected chi connectivity index (χ0v) is 14.0. The largest absolute Gasteiger partial charge is 0.434 e. The van der Waals surface area contributed by atoms with Crippen LogP contribution in [0.3, 0.4) is 0 Å². The third-order valence-corrected chi connectivity index (χ3v) is 3.80. The lowest BCUT2D eigenvalue weighted by Crippen LogP contribution is -2.41. The van der Waals surface area contributed by atoms with E-state index < -0.39 is 11.9 Å². The number of carbonyl (C=O) groups excluding carboxylic acids is 1. The maximum atomic E-state index is 12.5.